The Morgan fingerprint density at radius 2 is 0.630 bits per heavy atom. The molecule has 17 rings (SSSR count). The van der Waals surface area contributed by atoms with Crippen molar-refractivity contribution in [3.8, 4) is 44.5 Å². The standard InChI is InChI=1S/C84H58F12NO2P/c1-45(47-17-5-3-6-18-47)97(46(2)48-19-7-4-8-20-48)100-98-79-71(69-41-53-25-13-29-63-67(39-51-23-15-31-65(69)75(51)73(53)63)55-33-57(81(85,86)87)43-58(34-55)82(88,89)90)37-49-21-9-11-27-61(49)77(79)78-62-28-12-10-22-50(62)38-72(80(78)99-100)70-42-54-26-14-30-64-68(40-52-24-16-32-66(70)76(52)74(54)64)56-35-59(83(91,92)93)44-60(36-56)84(94,95)96/h3-8,13-20,23-26,29-46H,9-12,21-22,27-28H2,1-2H3/t45-,46-/m0/s1. The summed E-state index contributed by atoms with van der Waals surface area (Å²) in [6.45, 7) is 4.30. The van der Waals surface area contributed by atoms with Crippen LogP contribution < -0.4 is 4.67 Å². The van der Waals surface area contributed by atoms with Crippen LogP contribution in [0, 0.1) is 0 Å². The zero-order chi connectivity index (χ0) is 69.1. The van der Waals surface area contributed by atoms with Crippen LogP contribution in [-0.2, 0) is 50.4 Å². The van der Waals surface area contributed by atoms with Gasteiger partial charge in [0.1, 0.15) is 0 Å². The molecule has 14 aromatic carbocycles. The molecule has 0 N–H and O–H groups in total. The van der Waals surface area contributed by atoms with E-state index >= 15 is 0 Å². The maximum absolute atomic E-state index is 14.6. The lowest BCUT2D eigenvalue weighted by Crippen LogP contribution is -2.27. The van der Waals surface area contributed by atoms with Gasteiger partial charge in [0.2, 0.25) is 0 Å². The second-order valence-electron chi connectivity index (χ2n) is 26.8. The zero-order valence-corrected chi connectivity index (χ0v) is 54.6. The first-order chi connectivity index (χ1) is 47.9. The number of benzene rings is 14. The van der Waals surface area contributed by atoms with Crippen LogP contribution in [0.15, 0.2) is 215 Å². The Morgan fingerprint density at radius 3 is 0.960 bits per heavy atom. The van der Waals surface area contributed by atoms with E-state index in [0.29, 0.717) is 67.1 Å². The molecule has 15 aromatic rings. The molecule has 0 unspecified atom stereocenters. The molecule has 0 saturated carbocycles. The van der Waals surface area contributed by atoms with E-state index in [1.54, 1.807) is 36.4 Å². The van der Waals surface area contributed by atoms with Gasteiger partial charge in [-0.1, -0.05) is 133 Å². The third kappa shape index (κ3) is 10.5. The van der Waals surface area contributed by atoms with Crippen LogP contribution >= 0.6 is 8.16 Å². The summed E-state index contributed by atoms with van der Waals surface area (Å²) < 4.78 is 194. The number of rotatable bonds is 9. The SMILES string of the molecule is C[C@@H](c1ccccc1)N([C@@H](C)c1ccccc1)p1oc2c(-c3cc4cccc5c(-c6cc(C(F)(F)F)cc(C(F)(F)F)c6)cc6cccc3c6c45)cc3c(c2c2c4c(cc(-c5cc6cccc7c(-c8cc(C(F)(F)F)cc(C(F)(F)F)c8)cc8cccc5c8c67)c2o1)CCCC4)CCCC3. The molecule has 100 heavy (non-hydrogen) atoms. The summed E-state index contributed by atoms with van der Waals surface area (Å²) >= 11 is 0. The molecule has 0 fully saturated rings. The van der Waals surface area contributed by atoms with Crippen molar-refractivity contribution in [2.45, 2.75) is 102 Å². The second-order valence-corrected chi connectivity index (χ2v) is 28.1. The van der Waals surface area contributed by atoms with Crippen molar-refractivity contribution in [2.24, 2.45) is 0 Å². The molecule has 1 aromatic heterocycles. The average molecular weight is 1370 g/mol. The molecule has 0 radical (unpaired) electrons. The number of alkyl halides is 12. The maximum Gasteiger partial charge on any atom is 0.416 e. The molecule has 0 saturated heterocycles. The number of hydrogen-bond acceptors (Lipinski definition) is 3. The monoisotopic (exact) mass is 1370 g/mol. The number of fused-ring (bicyclic) bond motifs is 7. The van der Waals surface area contributed by atoms with Crippen molar-refractivity contribution in [1.82, 2.24) is 0 Å². The van der Waals surface area contributed by atoms with Crippen LogP contribution in [0.5, 0.6) is 0 Å². The van der Waals surface area contributed by atoms with Crippen LogP contribution in [0.4, 0.5) is 52.7 Å². The van der Waals surface area contributed by atoms with Gasteiger partial charge < -0.3 is 8.39 Å². The van der Waals surface area contributed by atoms with Gasteiger partial charge in [-0.2, -0.15) is 57.4 Å². The summed E-state index contributed by atoms with van der Waals surface area (Å²) in [5.74, 6) is 0. The molecule has 0 spiro atoms. The van der Waals surface area contributed by atoms with E-state index in [1.807, 2.05) is 84.9 Å². The van der Waals surface area contributed by atoms with E-state index in [2.05, 4.69) is 67.0 Å². The van der Waals surface area contributed by atoms with Crippen LogP contribution in [0.2, 0.25) is 0 Å². The number of nitrogens with zero attached hydrogens (tertiary/aromatic N) is 1. The summed E-state index contributed by atoms with van der Waals surface area (Å²) in [4.78, 5) is 0. The Kier molecular flexibility index (Phi) is 14.9. The van der Waals surface area contributed by atoms with E-state index in [9.17, 15) is 52.7 Å². The van der Waals surface area contributed by atoms with Crippen molar-refractivity contribution in [3.05, 3.63) is 262 Å². The molecule has 16 heteroatoms. The van der Waals surface area contributed by atoms with E-state index in [1.165, 1.54) is 0 Å². The lowest BCUT2D eigenvalue weighted by Gasteiger charge is -2.32. The predicted octanol–water partition coefficient (Wildman–Crippen LogP) is 27.0. The Morgan fingerprint density at radius 1 is 0.320 bits per heavy atom. The molecule has 1 heterocycles. The lowest BCUT2D eigenvalue weighted by atomic mass is 9.79. The topological polar surface area (TPSA) is 29.5 Å². The molecular weight excluding hydrogens is 1310 g/mol. The number of hydrogen-bond donors (Lipinski definition) is 0. The van der Waals surface area contributed by atoms with Crippen molar-refractivity contribution in [2.75, 3.05) is 4.67 Å². The first-order valence-corrected chi connectivity index (χ1v) is 34.5. The molecule has 0 bridgehead atoms. The van der Waals surface area contributed by atoms with E-state index < -0.39 is 55.1 Å². The van der Waals surface area contributed by atoms with Crippen LogP contribution in [0.3, 0.4) is 0 Å². The molecule has 500 valence electrons. The third-order valence-electron chi connectivity index (χ3n) is 21.0. The minimum absolute atomic E-state index is 0.150. The average Bonchev–Trinajstić information content (AvgIpc) is 1.07. The van der Waals surface area contributed by atoms with Gasteiger partial charge in [-0.05, 0) is 269 Å². The fourth-order valence-corrected chi connectivity index (χ4v) is 18.1. The van der Waals surface area contributed by atoms with Crippen LogP contribution in [-0.4, -0.2) is 0 Å². The van der Waals surface area contributed by atoms with E-state index in [0.717, 1.165) is 151 Å². The first kappa shape index (κ1) is 63.6. The third-order valence-corrected chi connectivity index (χ3v) is 22.7. The summed E-state index contributed by atoms with van der Waals surface area (Å²) in [6, 6.07) is 57.5. The Hall–Kier alpha value is -9.82. The van der Waals surface area contributed by atoms with Crippen molar-refractivity contribution in [1.29, 1.82) is 0 Å². The molecule has 2 aliphatic carbocycles. The molecular formula is C84H58F12NO2P. The predicted molar refractivity (Wildman–Crippen MR) is 377 cm³/mol. The normalized spacial score (nSPS) is 14.8. The Labute approximate surface area is 566 Å². The number of aryl methyl sites for hydroxylation is 4. The summed E-state index contributed by atoms with van der Waals surface area (Å²) in [6.07, 6.45) is -13.8. The van der Waals surface area contributed by atoms with Gasteiger partial charge in [-0.3, -0.25) is 0 Å². The fourth-order valence-electron chi connectivity index (χ4n) is 16.4. The van der Waals surface area contributed by atoms with Crippen LogP contribution in [0.1, 0.15) is 107 Å². The first-order valence-electron chi connectivity index (χ1n) is 33.4. The van der Waals surface area contributed by atoms with E-state index in [-0.39, 0.29) is 46.5 Å². The van der Waals surface area contributed by atoms with Crippen molar-refractivity contribution in [3.63, 3.8) is 0 Å². The van der Waals surface area contributed by atoms with Gasteiger partial charge in [0.05, 0.1) is 22.3 Å². The molecule has 0 aliphatic heterocycles. The summed E-state index contributed by atoms with van der Waals surface area (Å²) in [7, 11) is -2.27. The Balaban J connectivity index is 1.00. The smallest absolute Gasteiger partial charge is 0.407 e. The summed E-state index contributed by atoms with van der Waals surface area (Å²) in [5, 5.41) is 9.89. The van der Waals surface area contributed by atoms with Crippen LogP contribution in [0.25, 0.3) is 131 Å². The minimum Gasteiger partial charge on any atom is -0.407 e. The van der Waals surface area contributed by atoms with Gasteiger partial charge in [-0.15, -0.1) is 0 Å². The van der Waals surface area contributed by atoms with Gasteiger partial charge in [0, 0.05) is 34.0 Å². The lowest BCUT2D eigenvalue weighted by molar-refractivity contribution is -0.144. The highest BCUT2D eigenvalue weighted by molar-refractivity contribution is 7.39. The van der Waals surface area contributed by atoms with E-state index in [4.69, 9.17) is 8.39 Å². The van der Waals surface area contributed by atoms with Crippen molar-refractivity contribution < 1.29 is 61.1 Å². The van der Waals surface area contributed by atoms with Crippen molar-refractivity contribution >= 4 is 94.7 Å². The molecule has 0 amide bonds. The molecule has 3 nitrogen and oxygen atoms in total. The highest BCUT2D eigenvalue weighted by atomic mass is 31.1. The Bertz CT molecular complexity index is 5430. The zero-order valence-electron chi connectivity index (χ0n) is 53.7. The fraction of sp³-hybridized carbons (Fsp3) is 0.190. The van der Waals surface area contributed by atoms with Gasteiger partial charge in [-0.25, -0.2) is 0 Å². The quantitative estimate of drug-likeness (QED) is 0.107. The highest BCUT2D eigenvalue weighted by Gasteiger charge is 2.40. The highest BCUT2D eigenvalue weighted by Crippen LogP contribution is 2.56. The largest absolute Gasteiger partial charge is 0.416 e. The van der Waals surface area contributed by atoms with Gasteiger partial charge in [0.25, 0.3) is 0 Å². The minimum atomic E-state index is -5.07. The second kappa shape index (κ2) is 23.4. The summed E-state index contributed by atoms with van der Waals surface area (Å²) in [5.41, 5.74) is 5.21. The van der Waals surface area contributed by atoms with Gasteiger partial charge in [0.15, 0.2) is 11.2 Å². The van der Waals surface area contributed by atoms with Gasteiger partial charge >= 0.3 is 32.9 Å². The maximum atomic E-state index is 14.6. The molecule has 2 atom stereocenters. The molecule has 2 aliphatic rings. The number of halogens is 12.